The topological polar surface area (TPSA) is 199 Å². The number of benzene rings is 2. The molecule has 54 heavy (non-hydrogen) atoms. The number of ether oxygens (including phenoxy) is 3. The zero-order chi connectivity index (χ0) is 38.5. The maximum absolute atomic E-state index is 13.1. The summed E-state index contributed by atoms with van der Waals surface area (Å²) >= 11 is 0. The van der Waals surface area contributed by atoms with E-state index in [2.05, 4.69) is 20.5 Å². The summed E-state index contributed by atoms with van der Waals surface area (Å²) in [4.78, 5) is 78.3. The average molecular weight is 741 g/mol. The fraction of sp³-hybridized carbons (Fsp3) is 0.342. The van der Waals surface area contributed by atoms with Crippen LogP contribution in [0.5, 0.6) is 17.2 Å². The molecule has 0 saturated carbocycles. The molecule has 3 N–H and O–H groups in total. The van der Waals surface area contributed by atoms with Gasteiger partial charge in [0.25, 0.3) is 23.8 Å². The number of methoxy groups -OCH3 is 2. The third-order valence-corrected chi connectivity index (χ3v) is 9.67. The highest BCUT2D eigenvalue weighted by Crippen LogP contribution is 2.37. The molecule has 0 spiro atoms. The largest absolute Gasteiger partial charge is 0.496 e. The predicted molar refractivity (Wildman–Crippen MR) is 195 cm³/mol. The van der Waals surface area contributed by atoms with Crippen LogP contribution in [-0.4, -0.2) is 107 Å². The van der Waals surface area contributed by atoms with Gasteiger partial charge < -0.3 is 29.2 Å². The van der Waals surface area contributed by atoms with Crippen molar-refractivity contribution in [2.24, 2.45) is 7.05 Å². The number of piperidine rings is 1. The van der Waals surface area contributed by atoms with Crippen LogP contribution in [0.15, 0.2) is 59.8 Å². The average Bonchev–Trinajstić information content (AvgIpc) is 3.39. The minimum absolute atomic E-state index is 0.0538. The van der Waals surface area contributed by atoms with E-state index in [0.717, 1.165) is 59.6 Å². The summed E-state index contributed by atoms with van der Waals surface area (Å²) in [5.41, 5.74) is 2.94. The molecule has 3 aliphatic rings. The number of carbonyl (C=O) groups excluding carboxylic acids is 4. The number of carboxylic acid groups (broad SMARTS) is 1. The van der Waals surface area contributed by atoms with Gasteiger partial charge in [0, 0.05) is 62.8 Å². The summed E-state index contributed by atoms with van der Waals surface area (Å²) in [7, 11) is 4.98. The van der Waals surface area contributed by atoms with Gasteiger partial charge >= 0.3 is 0 Å². The summed E-state index contributed by atoms with van der Waals surface area (Å²) in [5.74, 6) is -0.302. The molecule has 1 unspecified atom stereocenters. The van der Waals surface area contributed by atoms with E-state index in [9.17, 15) is 24.0 Å². The zero-order valence-electron chi connectivity index (χ0n) is 30.0. The molecule has 0 radical (unpaired) electrons. The van der Waals surface area contributed by atoms with Crippen LogP contribution in [0.3, 0.4) is 0 Å². The first kappa shape index (κ1) is 37.6. The molecular formula is C38H40N6O10. The number of aryl methyl sites for hydroxylation is 1. The predicted octanol–water partition coefficient (Wildman–Crippen LogP) is 1.96. The van der Waals surface area contributed by atoms with Crippen molar-refractivity contribution in [1.29, 1.82) is 0 Å². The Morgan fingerprint density at radius 3 is 2.35 bits per heavy atom. The van der Waals surface area contributed by atoms with Crippen LogP contribution in [0, 0.1) is 0 Å². The third kappa shape index (κ3) is 7.51. The molecule has 2 fully saturated rings. The minimum Gasteiger partial charge on any atom is -0.496 e. The Hall–Kier alpha value is -6.13. The van der Waals surface area contributed by atoms with Crippen LogP contribution < -0.4 is 30.4 Å². The van der Waals surface area contributed by atoms with E-state index in [4.69, 9.17) is 24.1 Å². The van der Waals surface area contributed by atoms with Gasteiger partial charge in [0.1, 0.15) is 29.4 Å². The fourth-order valence-electron chi connectivity index (χ4n) is 6.99. The van der Waals surface area contributed by atoms with E-state index in [-0.39, 0.29) is 42.1 Å². The van der Waals surface area contributed by atoms with Crippen LogP contribution in [-0.2, 0) is 28.0 Å². The summed E-state index contributed by atoms with van der Waals surface area (Å²) in [6, 6.07) is 9.54. The molecule has 2 aromatic carbocycles. The van der Waals surface area contributed by atoms with Crippen LogP contribution >= 0.6 is 0 Å². The molecule has 2 saturated heterocycles. The molecule has 5 heterocycles. The molecule has 0 bridgehead atoms. The maximum Gasteiger partial charge on any atom is 0.290 e. The van der Waals surface area contributed by atoms with Crippen LogP contribution in [0.1, 0.15) is 45.5 Å². The first-order chi connectivity index (χ1) is 26.1. The number of rotatable bonds is 12. The lowest BCUT2D eigenvalue weighted by atomic mass is 9.99. The number of hydrogen-bond donors (Lipinski definition) is 3. The number of aromatic nitrogens is 2. The van der Waals surface area contributed by atoms with E-state index in [1.807, 2.05) is 24.4 Å². The van der Waals surface area contributed by atoms with Crippen LogP contribution in [0.4, 0.5) is 0 Å². The Morgan fingerprint density at radius 2 is 1.67 bits per heavy atom. The van der Waals surface area contributed by atoms with Gasteiger partial charge in [-0.15, -0.1) is 0 Å². The van der Waals surface area contributed by atoms with Gasteiger partial charge in [-0.05, 0) is 73.3 Å². The Kier molecular flexibility index (Phi) is 11.3. The highest BCUT2D eigenvalue weighted by molar-refractivity contribution is 6.23. The molecule has 16 heteroatoms. The molecule has 4 amide bonds. The summed E-state index contributed by atoms with van der Waals surface area (Å²) in [6.45, 7) is 3.37. The molecule has 282 valence electrons. The molecule has 3 aliphatic heterocycles. The minimum atomic E-state index is -1.00. The standard InChI is InChI=1S/C37H38N6O8.CH2O2/c1-41-20-29(24-9-11-39-16-27(24)35(41)46)21-13-31(49-2)28(32(14-21)50-3)17-38-10-4-12-42-18-23(19-42)51-22-5-6-25-26(15-22)37(48)43(36(25)47)30-7-8-33(44)40-34(30)45;2-1-3/h5-6,9,11,13-16,20,23,30,38H,4,7-8,10,12,17-19H2,1-3H3,(H,40,44,45);1H,(H,2,3). The van der Waals surface area contributed by atoms with Crippen molar-refractivity contribution in [3.63, 3.8) is 0 Å². The molecular weight excluding hydrogens is 700 g/mol. The van der Waals surface area contributed by atoms with Crippen molar-refractivity contribution >= 4 is 40.9 Å². The van der Waals surface area contributed by atoms with E-state index < -0.39 is 29.7 Å². The smallest absolute Gasteiger partial charge is 0.290 e. The Labute approximate surface area is 309 Å². The number of fused-ring (bicyclic) bond motifs is 2. The number of hydrogen-bond acceptors (Lipinski definition) is 12. The number of amides is 4. The lowest BCUT2D eigenvalue weighted by Crippen LogP contribution is -2.54. The van der Waals surface area contributed by atoms with E-state index in [1.54, 1.807) is 56.4 Å². The zero-order valence-corrected chi connectivity index (χ0v) is 30.0. The van der Waals surface area contributed by atoms with Gasteiger partial charge in [-0.25, -0.2) is 0 Å². The van der Waals surface area contributed by atoms with Gasteiger partial charge in [-0.1, -0.05) is 0 Å². The lowest BCUT2D eigenvalue weighted by molar-refractivity contribution is -0.136. The van der Waals surface area contributed by atoms with E-state index in [0.29, 0.717) is 29.2 Å². The highest BCUT2D eigenvalue weighted by Gasteiger charge is 2.45. The number of carbonyl (C=O) groups is 5. The number of imide groups is 2. The van der Waals surface area contributed by atoms with Crippen molar-refractivity contribution in [3.8, 4) is 28.4 Å². The molecule has 4 aromatic rings. The van der Waals surface area contributed by atoms with Crippen molar-refractivity contribution in [3.05, 3.63) is 82.0 Å². The summed E-state index contributed by atoms with van der Waals surface area (Å²) in [6.07, 6.45) is 6.11. The van der Waals surface area contributed by atoms with Crippen molar-refractivity contribution in [2.75, 3.05) is 40.4 Å². The number of nitrogens with one attached hydrogen (secondary N) is 2. The monoisotopic (exact) mass is 740 g/mol. The number of nitrogens with zero attached hydrogens (tertiary/aromatic N) is 4. The quantitative estimate of drug-likeness (QED) is 0.108. The van der Waals surface area contributed by atoms with Gasteiger partial charge in [0.05, 0.1) is 30.7 Å². The van der Waals surface area contributed by atoms with E-state index in [1.165, 1.54) is 0 Å². The first-order valence-corrected chi connectivity index (χ1v) is 17.3. The normalized spacial score (nSPS) is 17.0. The van der Waals surface area contributed by atoms with Crippen LogP contribution in [0.2, 0.25) is 0 Å². The first-order valence-electron chi connectivity index (χ1n) is 17.3. The molecule has 2 aromatic heterocycles. The van der Waals surface area contributed by atoms with Gasteiger partial charge in [-0.2, -0.15) is 0 Å². The van der Waals surface area contributed by atoms with Gasteiger partial charge in [-0.3, -0.25) is 48.9 Å². The second-order valence-corrected chi connectivity index (χ2v) is 13.0. The number of pyridine rings is 2. The Morgan fingerprint density at radius 1 is 0.963 bits per heavy atom. The second kappa shape index (κ2) is 16.3. The maximum atomic E-state index is 13.1. The van der Waals surface area contributed by atoms with E-state index >= 15 is 0 Å². The van der Waals surface area contributed by atoms with Gasteiger partial charge in [0.2, 0.25) is 11.8 Å². The number of likely N-dealkylation sites (tertiary alicyclic amines) is 1. The molecule has 7 rings (SSSR count). The van der Waals surface area contributed by atoms with Crippen molar-refractivity contribution < 1.29 is 43.3 Å². The SMILES string of the molecule is COc1cc(-c2cn(C)c(=O)c3cnccc23)cc(OC)c1CNCCCN1CC(Oc2ccc3c(c2)C(=O)N(C2CCC(=O)NC2=O)C3=O)C1.O=CO. The van der Waals surface area contributed by atoms with Crippen molar-refractivity contribution in [2.45, 2.75) is 38.0 Å². The van der Waals surface area contributed by atoms with Gasteiger partial charge in [0.15, 0.2) is 0 Å². The molecule has 16 nitrogen and oxygen atoms in total. The lowest BCUT2D eigenvalue weighted by Gasteiger charge is -2.39. The molecule has 1 atom stereocenters. The Balaban J connectivity index is 0.00000160. The Bertz CT molecular complexity index is 2150. The third-order valence-electron chi connectivity index (χ3n) is 9.67. The van der Waals surface area contributed by atoms with Crippen molar-refractivity contribution in [1.82, 2.24) is 30.0 Å². The highest BCUT2D eigenvalue weighted by atomic mass is 16.5. The second-order valence-electron chi connectivity index (χ2n) is 13.0. The fourth-order valence-corrected chi connectivity index (χ4v) is 6.99. The summed E-state index contributed by atoms with van der Waals surface area (Å²) in [5, 5.41) is 13.9. The summed E-state index contributed by atoms with van der Waals surface area (Å²) < 4.78 is 19.2. The van der Waals surface area contributed by atoms with Crippen LogP contribution in [0.25, 0.3) is 21.9 Å². The molecule has 0 aliphatic carbocycles.